The molecule has 7 atom stereocenters. The molecule has 2 aliphatic heterocycles. The second kappa shape index (κ2) is 15.3. The smallest absolute Gasteiger partial charge is 0.406 e. The first-order chi connectivity index (χ1) is 23.6. The SMILES string of the molecule is COC(=O)NCCCCC1(CN(C[C@@H](O)[C@@H](CC(=O)OC2C3COC4OC[C@H]2CC43)Cc2ccccc2)S(=O)(=O)c2ccc(N)cc2)CC1. The molecular weight excluding hydrogens is 650 g/mol. The lowest BCUT2D eigenvalue weighted by Crippen LogP contribution is -2.44. The van der Waals surface area contributed by atoms with E-state index in [1.807, 2.05) is 30.3 Å². The molecule has 4 aliphatic rings. The van der Waals surface area contributed by atoms with Gasteiger partial charge in [0.2, 0.25) is 10.0 Å². The van der Waals surface area contributed by atoms with E-state index in [4.69, 9.17) is 19.9 Å². The Hall–Kier alpha value is -3.23. The summed E-state index contributed by atoms with van der Waals surface area (Å²) in [5.41, 5.74) is 7.02. The first-order valence-corrected chi connectivity index (χ1v) is 18.8. The van der Waals surface area contributed by atoms with Crippen molar-refractivity contribution in [3.05, 3.63) is 60.2 Å². The molecule has 0 aromatic heterocycles. The number of amides is 1. The molecule has 4 unspecified atom stereocenters. The Morgan fingerprint density at radius 1 is 1.06 bits per heavy atom. The van der Waals surface area contributed by atoms with Crippen LogP contribution in [0.25, 0.3) is 0 Å². The van der Waals surface area contributed by atoms with Crippen LogP contribution in [-0.2, 0) is 40.2 Å². The lowest BCUT2D eigenvalue weighted by molar-refractivity contribution is -0.178. The van der Waals surface area contributed by atoms with Crippen LogP contribution < -0.4 is 11.1 Å². The molecule has 0 radical (unpaired) electrons. The Labute approximate surface area is 288 Å². The van der Waals surface area contributed by atoms with Gasteiger partial charge in [-0.05, 0) is 73.8 Å². The highest BCUT2D eigenvalue weighted by Gasteiger charge is 2.56. The molecule has 2 bridgehead atoms. The van der Waals surface area contributed by atoms with E-state index in [9.17, 15) is 23.1 Å². The number of alkyl carbamates (subject to hydrolysis) is 1. The van der Waals surface area contributed by atoms with Crippen LogP contribution in [0, 0.1) is 29.1 Å². The number of carbonyl (C=O) groups is 2. The number of nitrogens with zero attached hydrogens (tertiary/aromatic N) is 1. The summed E-state index contributed by atoms with van der Waals surface area (Å²) >= 11 is 0. The largest absolute Gasteiger partial charge is 0.462 e. The Kier molecular flexibility index (Phi) is 11.1. The molecule has 2 aliphatic carbocycles. The molecule has 6 rings (SSSR count). The number of nitrogen functional groups attached to an aromatic ring is 1. The van der Waals surface area contributed by atoms with E-state index in [-0.39, 0.29) is 60.0 Å². The minimum Gasteiger partial charge on any atom is -0.462 e. The second-order valence-electron chi connectivity index (χ2n) is 14.3. The topological polar surface area (TPSA) is 167 Å². The Morgan fingerprint density at radius 2 is 1.80 bits per heavy atom. The minimum absolute atomic E-state index is 0.0596. The average Bonchev–Trinajstić information content (AvgIpc) is 3.63. The predicted molar refractivity (Wildman–Crippen MR) is 180 cm³/mol. The van der Waals surface area contributed by atoms with Crippen LogP contribution in [0.1, 0.15) is 50.5 Å². The highest BCUT2D eigenvalue weighted by molar-refractivity contribution is 7.89. The van der Waals surface area contributed by atoms with Crippen molar-refractivity contribution in [2.24, 2.45) is 29.1 Å². The number of unbranched alkanes of at least 4 members (excludes halogenated alkanes) is 1. The van der Waals surface area contributed by atoms with E-state index < -0.39 is 34.1 Å². The number of carbonyl (C=O) groups excluding carboxylic acids is 2. The van der Waals surface area contributed by atoms with Crippen molar-refractivity contribution in [2.75, 3.05) is 45.7 Å². The van der Waals surface area contributed by atoms with Crippen molar-refractivity contribution >= 4 is 27.8 Å². The zero-order valence-electron chi connectivity index (χ0n) is 28.1. The van der Waals surface area contributed by atoms with Crippen molar-refractivity contribution < 1.29 is 42.1 Å². The third kappa shape index (κ3) is 8.57. The van der Waals surface area contributed by atoms with Crippen LogP contribution in [0.2, 0.25) is 0 Å². The summed E-state index contributed by atoms with van der Waals surface area (Å²) in [4.78, 5) is 25.1. The van der Waals surface area contributed by atoms with Gasteiger partial charge in [-0.2, -0.15) is 4.31 Å². The van der Waals surface area contributed by atoms with Crippen molar-refractivity contribution in [3.8, 4) is 0 Å². The third-order valence-electron chi connectivity index (χ3n) is 10.8. The van der Waals surface area contributed by atoms with Crippen molar-refractivity contribution in [3.63, 3.8) is 0 Å². The van der Waals surface area contributed by atoms with Crippen molar-refractivity contribution in [2.45, 2.75) is 74.8 Å². The number of anilines is 1. The van der Waals surface area contributed by atoms with Gasteiger partial charge in [0, 0.05) is 49.0 Å². The van der Waals surface area contributed by atoms with Gasteiger partial charge in [-0.1, -0.05) is 36.8 Å². The van der Waals surface area contributed by atoms with Crippen molar-refractivity contribution in [1.29, 1.82) is 0 Å². The lowest BCUT2D eigenvalue weighted by Gasteiger charge is -2.32. The van der Waals surface area contributed by atoms with E-state index in [1.54, 1.807) is 12.1 Å². The fraction of sp³-hybridized carbons (Fsp3) is 0.611. The zero-order valence-corrected chi connectivity index (χ0v) is 28.9. The molecule has 12 nitrogen and oxygen atoms in total. The van der Waals surface area contributed by atoms with Gasteiger partial charge in [0.05, 0.1) is 37.7 Å². The Balaban J connectivity index is 1.17. The summed E-state index contributed by atoms with van der Waals surface area (Å²) in [6.45, 7) is 1.52. The summed E-state index contributed by atoms with van der Waals surface area (Å²) in [6, 6.07) is 15.7. The number of hydrogen-bond donors (Lipinski definition) is 3. The van der Waals surface area contributed by atoms with Gasteiger partial charge in [0.1, 0.15) is 6.10 Å². The molecule has 0 spiro atoms. The fourth-order valence-corrected chi connectivity index (χ4v) is 9.42. The highest BCUT2D eigenvalue weighted by Crippen LogP contribution is 2.51. The molecule has 1 amide bonds. The highest BCUT2D eigenvalue weighted by atomic mass is 32.2. The lowest BCUT2D eigenvalue weighted by atomic mass is 9.90. The van der Waals surface area contributed by atoms with E-state index in [0.717, 1.165) is 44.1 Å². The molecule has 13 heteroatoms. The number of nitrogens with two attached hydrogens (primary N) is 1. The van der Waals surface area contributed by atoms with E-state index >= 15 is 0 Å². The van der Waals surface area contributed by atoms with Crippen LogP contribution in [0.4, 0.5) is 10.5 Å². The number of nitrogens with one attached hydrogen (secondary N) is 1. The molecule has 2 aromatic rings. The molecule has 2 saturated carbocycles. The van der Waals surface area contributed by atoms with Crippen LogP contribution >= 0.6 is 0 Å². The number of benzene rings is 2. The van der Waals surface area contributed by atoms with Gasteiger partial charge < -0.3 is 35.1 Å². The number of ether oxygens (including phenoxy) is 4. The molecule has 2 saturated heterocycles. The zero-order chi connectivity index (χ0) is 34.6. The van der Waals surface area contributed by atoms with E-state index in [2.05, 4.69) is 10.1 Å². The molecule has 49 heavy (non-hydrogen) atoms. The normalized spacial score (nSPS) is 26.2. The maximum atomic E-state index is 14.2. The molecule has 4 N–H and O–H groups in total. The van der Waals surface area contributed by atoms with Gasteiger partial charge in [0.25, 0.3) is 0 Å². The van der Waals surface area contributed by atoms with Crippen molar-refractivity contribution in [1.82, 2.24) is 9.62 Å². The van der Waals surface area contributed by atoms with Gasteiger partial charge in [0.15, 0.2) is 6.29 Å². The first kappa shape index (κ1) is 35.6. The number of sulfonamides is 1. The number of aliphatic hydroxyl groups is 1. The number of hydrogen-bond acceptors (Lipinski definition) is 10. The van der Waals surface area contributed by atoms with E-state index in [1.165, 1.54) is 23.5 Å². The summed E-state index contributed by atoms with van der Waals surface area (Å²) < 4.78 is 52.1. The first-order valence-electron chi connectivity index (χ1n) is 17.4. The quantitative estimate of drug-likeness (QED) is 0.126. The Bertz CT molecular complexity index is 1540. The van der Waals surface area contributed by atoms with Crippen LogP contribution in [0.3, 0.4) is 0 Å². The summed E-state index contributed by atoms with van der Waals surface area (Å²) in [5, 5.41) is 14.6. The summed E-state index contributed by atoms with van der Waals surface area (Å²) in [5.74, 6) is -0.543. The van der Waals surface area contributed by atoms with E-state index in [0.29, 0.717) is 31.9 Å². The monoisotopic (exact) mass is 699 g/mol. The maximum Gasteiger partial charge on any atom is 0.406 e. The van der Waals surface area contributed by atoms with Gasteiger partial charge in [-0.3, -0.25) is 4.79 Å². The second-order valence-corrected chi connectivity index (χ2v) is 16.2. The minimum atomic E-state index is -4.03. The standard InChI is InChI=1S/C36H49N3O9S/c1-45-35(42)38-16-6-5-13-36(14-15-36)23-39(49(43,44)28-11-9-27(37)10-12-28)20-31(40)25(17-24-7-3-2-4-8-24)19-32(41)48-33-26-18-29-30(33)22-47-34(29)46-21-26/h2-4,7-12,25-26,29-31,33-34,40H,5-6,13-23,37H2,1H3,(H,38,42)/t25-,26-,29?,30?,31-,33?,34?/m1/s1. The van der Waals surface area contributed by atoms with Gasteiger partial charge in [-0.25, -0.2) is 13.2 Å². The van der Waals surface area contributed by atoms with Gasteiger partial charge in [-0.15, -0.1) is 0 Å². The number of aliphatic hydroxyl groups excluding tert-OH is 1. The maximum absolute atomic E-state index is 14.2. The van der Waals surface area contributed by atoms with Crippen LogP contribution in [-0.4, -0.2) is 88.3 Å². The third-order valence-corrected chi connectivity index (χ3v) is 12.7. The number of rotatable bonds is 17. The molecule has 2 aromatic carbocycles. The average molecular weight is 700 g/mol. The molecule has 2 heterocycles. The molecule has 4 fully saturated rings. The number of fused-ring (bicyclic) bond motifs is 1. The number of methoxy groups -OCH3 is 1. The van der Waals surface area contributed by atoms with Gasteiger partial charge >= 0.3 is 12.1 Å². The predicted octanol–water partition coefficient (Wildman–Crippen LogP) is 3.73. The Morgan fingerprint density at radius 3 is 2.51 bits per heavy atom. The molecule has 268 valence electrons. The molecular formula is C36H49N3O9S. The number of esters is 1. The van der Waals surface area contributed by atoms with Crippen LogP contribution in [0.15, 0.2) is 59.5 Å². The summed E-state index contributed by atoms with van der Waals surface area (Å²) in [6.07, 6.45) is 3.10. The fourth-order valence-electron chi connectivity index (χ4n) is 7.84. The van der Waals surface area contributed by atoms with Crippen LogP contribution in [0.5, 0.6) is 0 Å². The summed E-state index contributed by atoms with van der Waals surface area (Å²) in [7, 11) is -2.71.